The van der Waals surface area contributed by atoms with Crippen LogP contribution < -0.4 is 10.9 Å². The second-order valence-corrected chi connectivity index (χ2v) is 9.60. The van der Waals surface area contributed by atoms with Crippen molar-refractivity contribution < 1.29 is 0 Å². The van der Waals surface area contributed by atoms with E-state index in [0.29, 0.717) is 12.3 Å². The number of benzene rings is 2. The Bertz CT molecular complexity index is 1240. The molecular weight excluding hydrogens is 400 g/mol. The minimum absolute atomic E-state index is 0.0455. The van der Waals surface area contributed by atoms with Crippen LogP contribution in [0, 0.1) is 20.8 Å². The Kier molecular flexibility index (Phi) is 5.05. The summed E-state index contributed by atoms with van der Waals surface area (Å²) in [5.74, 6) is 0.526. The maximum atomic E-state index is 13.3. The van der Waals surface area contributed by atoms with Crippen LogP contribution in [-0.4, -0.2) is 9.43 Å². The molecule has 3 aromatic rings. The second-order valence-electron chi connectivity index (χ2n) is 9.10. The Hall–Kier alpha value is -2.72. The second kappa shape index (κ2) is 7.76. The first kappa shape index (κ1) is 20.2. The Morgan fingerprint density at radius 1 is 1.03 bits per heavy atom. The molecule has 1 aliphatic heterocycles. The van der Waals surface area contributed by atoms with Gasteiger partial charge in [0.15, 0.2) is 0 Å². The predicted octanol–water partition coefficient (Wildman–Crippen LogP) is 5.97. The third-order valence-corrected chi connectivity index (χ3v) is 7.16. The topological polar surface area (TPSA) is 34.0 Å². The lowest BCUT2D eigenvalue weighted by atomic mass is 9.92. The van der Waals surface area contributed by atoms with E-state index in [-0.39, 0.29) is 11.7 Å². The molecule has 0 unspecified atom stereocenters. The molecule has 1 N–H and O–H groups in total. The van der Waals surface area contributed by atoms with Gasteiger partial charge in [-0.15, -0.1) is 0 Å². The number of pyridine rings is 1. The van der Waals surface area contributed by atoms with E-state index in [1.54, 1.807) is 0 Å². The van der Waals surface area contributed by atoms with Crippen molar-refractivity contribution in [1.82, 2.24) is 4.57 Å². The zero-order valence-corrected chi connectivity index (χ0v) is 19.2. The first-order valence-electron chi connectivity index (χ1n) is 11.1. The van der Waals surface area contributed by atoms with Gasteiger partial charge in [0.1, 0.15) is 6.17 Å². The highest BCUT2D eigenvalue weighted by Crippen LogP contribution is 2.46. The van der Waals surface area contributed by atoms with Gasteiger partial charge in [0, 0.05) is 23.0 Å². The van der Waals surface area contributed by atoms with Gasteiger partial charge in [-0.25, -0.2) is 0 Å². The number of aromatic nitrogens is 1. The van der Waals surface area contributed by atoms with Gasteiger partial charge in [0.2, 0.25) is 0 Å². The van der Waals surface area contributed by atoms with E-state index in [9.17, 15) is 4.79 Å². The maximum Gasteiger partial charge on any atom is 0.253 e. The fraction of sp³-hybridized carbons (Fsp3) is 0.333. The lowest BCUT2D eigenvalue weighted by Crippen LogP contribution is -2.28. The number of thiocarbonyl (C=S) groups is 1. The van der Waals surface area contributed by atoms with Crippen LogP contribution in [0.4, 0.5) is 5.69 Å². The smallest absolute Gasteiger partial charge is 0.253 e. The van der Waals surface area contributed by atoms with Crippen LogP contribution in [0.25, 0.3) is 0 Å². The van der Waals surface area contributed by atoms with E-state index in [0.717, 1.165) is 28.2 Å². The summed E-state index contributed by atoms with van der Waals surface area (Å²) < 4.78 is 1.92. The molecule has 2 aromatic carbocycles. The van der Waals surface area contributed by atoms with Gasteiger partial charge in [-0.3, -0.25) is 9.36 Å². The van der Waals surface area contributed by atoms with Crippen LogP contribution in [0.3, 0.4) is 0 Å². The van der Waals surface area contributed by atoms with Crippen molar-refractivity contribution in [3.63, 3.8) is 0 Å². The summed E-state index contributed by atoms with van der Waals surface area (Å²) in [6, 6.07) is 16.6. The maximum absolute atomic E-state index is 13.3. The molecule has 5 rings (SSSR count). The van der Waals surface area contributed by atoms with Crippen LogP contribution in [0.2, 0.25) is 0 Å². The van der Waals surface area contributed by atoms with E-state index >= 15 is 0 Å². The summed E-state index contributed by atoms with van der Waals surface area (Å²) in [7, 11) is 0. The highest BCUT2D eigenvalue weighted by atomic mass is 32.1. The third-order valence-electron chi connectivity index (χ3n) is 6.80. The van der Waals surface area contributed by atoms with Gasteiger partial charge >= 0.3 is 0 Å². The molecule has 1 aliphatic carbocycles. The van der Waals surface area contributed by atoms with Crippen LogP contribution >= 0.6 is 12.2 Å². The van der Waals surface area contributed by atoms with Crippen molar-refractivity contribution in [3.8, 4) is 0 Å². The zero-order valence-electron chi connectivity index (χ0n) is 18.4. The molecule has 0 radical (unpaired) electrons. The summed E-state index contributed by atoms with van der Waals surface area (Å²) in [5, 5.41) is 3.54. The minimum atomic E-state index is -0.120. The van der Waals surface area contributed by atoms with Crippen molar-refractivity contribution >= 4 is 22.8 Å². The van der Waals surface area contributed by atoms with Crippen LogP contribution in [0.1, 0.15) is 70.4 Å². The lowest BCUT2D eigenvalue weighted by molar-refractivity contribution is 0.588. The molecule has 0 bridgehead atoms. The van der Waals surface area contributed by atoms with E-state index in [2.05, 4.69) is 68.6 Å². The number of rotatable bonds is 5. The van der Waals surface area contributed by atoms with E-state index in [1.807, 2.05) is 10.6 Å². The molecule has 1 fully saturated rings. The van der Waals surface area contributed by atoms with Gasteiger partial charge in [-0.05, 0) is 85.9 Å². The molecule has 1 atom stereocenters. The Morgan fingerprint density at radius 3 is 2.48 bits per heavy atom. The molecule has 4 heteroatoms. The molecule has 0 spiro atoms. The molecule has 0 amide bonds. The van der Waals surface area contributed by atoms with Crippen molar-refractivity contribution in [2.45, 2.75) is 58.5 Å². The molecule has 31 heavy (non-hydrogen) atoms. The quantitative estimate of drug-likeness (QED) is 0.508. The zero-order chi connectivity index (χ0) is 21.7. The largest absolute Gasteiger partial charge is 0.365 e. The molecule has 3 nitrogen and oxygen atoms in total. The molecular formula is C27H28N2OS. The fourth-order valence-corrected chi connectivity index (χ4v) is 5.15. The number of fused-ring (bicyclic) bond motifs is 1. The molecule has 2 heterocycles. The molecule has 2 aliphatic rings. The SMILES string of the molecule is Cc1ccc(N[C@H]2CC(=S)c3c(C4CC4)c(Cc4cccc(C)c4C)cc(=O)n32)cc1. The van der Waals surface area contributed by atoms with E-state index < -0.39 is 0 Å². The van der Waals surface area contributed by atoms with Gasteiger partial charge in [0.05, 0.1) is 5.69 Å². The number of nitrogens with one attached hydrogen (secondary N) is 1. The predicted molar refractivity (Wildman–Crippen MR) is 132 cm³/mol. The average Bonchev–Trinajstić information content (AvgIpc) is 3.52. The molecule has 0 saturated heterocycles. The van der Waals surface area contributed by atoms with Gasteiger partial charge in [-0.2, -0.15) is 0 Å². The lowest BCUT2D eigenvalue weighted by Gasteiger charge is -2.20. The third kappa shape index (κ3) is 3.74. The molecule has 1 saturated carbocycles. The summed E-state index contributed by atoms with van der Waals surface area (Å²) in [4.78, 5) is 14.2. The normalized spacial score (nSPS) is 17.6. The van der Waals surface area contributed by atoms with E-state index in [1.165, 1.54) is 40.7 Å². The number of aryl methyl sites for hydroxylation is 2. The van der Waals surface area contributed by atoms with Crippen LogP contribution in [0.15, 0.2) is 53.3 Å². The van der Waals surface area contributed by atoms with Crippen LogP contribution in [-0.2, 0) is 6.42 Å². The molecule has 158 valence electrons. The standard InChI is InChI=1S/C27H28N2OS/c1-16-7-11-22(12-8-16)28-24-15-23(31)27-26(19-9-10-19)21(14-25(30)29(24)27)13-20-6-4-5-17(2)18(20)3/h4-8,11-12,14,19,24,28H,9-10,13,15H2,1-3H3/t24-/m1/s1. The fourth-order valence-electron chi connectivity index (χ4n) is 4.79. The van der Waals surface area contributed by atoms with Gasteiger partial charge in [-0.1, -0.05) is 48.1 Å². The minimum Gasteiger partial charge on any atom is -0.365 e. The van der Waals surface area contributed by atoms with Crippen molar-refractivity contribution in [2.75, 3.05) is 5.32 Å². The highest BCUT2D eigenvalue weighted by molar-refractivity contribution is 7.80. The molecule has 1 aromatic heterocycles. The summed E-state index contributed by atoms with van der Waals surface area (Å²) in [5.41, 5.74) is 9.67. The monoisotopic (exact) mass is 428 g/mol. The summed E-state index contributed by atoms with van der Waals surface area (Å²) in [6.07, 6.45) is 3.73. The van der Waals surface area contributed by atoms with Gasteiger partial charge < -0.3 is 5.32 Å². The number of anilines is 1. The Morgan fingerprint density at radius 2 is 1.77 bits per heavy atom. The van der Waals surface area contributed by atoms with Crippen molar-refractivity contribution in [3.05, 3.63) is 98.0 Å². The highest BCUT2D eigenvalue weighted by Gasteiger charge is 2.37. The number of nitrogens with zero attached hydrogens (tertiary/aromatic N) is 1. The van der Waals surface area contributed by atoms with E-state index in [4.69, 9.17) is 12.2 Å². The average molecular weight is 429 g/mol. The summed E-state index contributed by atoms with van der Waals surface area (Å²) >= 11 is 5.85. The summed E-state index contributed by atoms with van der Waals surface area (Å²) in [6.45, 7) is 6.40. The Balaban J connectivity index is 1.58. The first-order valence-corrected chi connectivity index (χ1v) is 11.5. The number of hydrogen-bond donors (Lipinski definition) is 1. The first-order chi connectivity index (χ1) is 14.9. The Labute approximate surface area is 189 Å². The van der Waals surface area contributed by atoms with Crippen LogP contribution in [0.5, 0.6) is 0 Å². The number of hydrogen-bond acceptors (Lipinski definition) is 3. The van der Waals surface area contributed by atoms with Gasteiger partial charge in [0.25, 0.3) is 5.56 Å². The van der Waals surface area contributed by atoms with Crippen molar-refractivity contribution in [2.24, 2.45) is 0 Å². The van der Waals surface area contributed by atoms with Crippen molar-refractivity contribution in [1.29, 1.82) is 0 Å².